The topological polar surface area (TPSA) is 23.6 Å². The van der Waals surface area contributed by atoms with Gasteiger partial charge in [-0.05, 0) is 17.7 Å². The van der Waals surface area contributed by atoms with E-state index in [1.165, 1.54) is 5.56 Å². The van der Waals surface area contributed by atoms with Crippen LogP contribution >= 0.6 is 11.6 Å². The maximum Gasteiger partial charge on any atom is 0.0409 e. The van der Waals surface area contributed by atoms with Gasteiger partial charge in [0.05, 0.1) is 0 Å². The number of piperazine rings is 1. The third kappa shape index (κ3) is 4.32. The SMILES string of the molecule is O=[C-]N1CCN(Cc2cccc(Cl)c2)CC1.[Fe]. The number of nitrogens with zero attached hydrogens (tertiary/aromatic N) is 2. The Morgan fingerprint density at radius 2 is 1.94 bits per heavy atom. The molecule has 1 aromatic carbocycles. The number of hydrogen-bond acceptors (Lipinski definition) is 2. The second-order valence-corrected chi connectivity index (χ2v) is 4.42. The van der Waals surface area contributed by atoms with E-state index in [4.69, 9.17) is 11.6 Å². The Balaban J connectivity index is 0.00000144. The molecule has 1 heterocycles. The molecule has 1 aromatic rings. The monoisotopic (exact) mass is 293 g/mol. The van der Waals surface area contributed by atoms with Crippen molar-refractivity contribution in [2.45, 2.75) is 6.54 Å². The first kappa shape index (κ1) is 14.5. The van der Waals surface area contributed by atoms with Crippen LogP contribution in [0, 0.1) is 0 Å². The minimum Gasteiger partial charge on any atom is -0.520 e. The number of benzene rings is 1. The van der Waals surface area contributed by atoms with Gasteiger partial charge in [-0.15, -0.1) is 0 Å². The molecule has 94 valence electrons. The van der Waals surface area contributed by atoms with Crippen molar-refractivity contribution >= 4 is 18.0 Å². The van der Waals surface area contributed by atoms with Crippen LogP contribution in [-0.2, 0) is 28.4 Å². The zero-order valence-corrected chi connectivity index (χ0v) is 11.2. The smallest absolute Gasteiger partial charge is 0.0409 e. The van der Waals surface area contributed by atoms with Crippen LogP contribution in [0.3, 0.4) is 0 Å². The average Bonchev–Trinajstić information content (AvgIpc) is 2.30. The molecular weight excluding hydrogens is 279 g/mol. The van der Waals surface area contributed by atoms with Gasteiger partial charge in [-0.3, -0.25) is 4.90 Å². The van der Waals surface area contributed by atoms with Crippen molar-refractivity contribution in [3.05, 3.63) is 34.9 Å². The van der Waals surface area contributed by atoms with Crippen LogP contribution in [0.15, 0.2) is 24.3 Å². The summed E-state index contributed by atoms with van der Waals surface area (Å²) in [7, 11) is 0. The summed E-state index contributed by atoms with van der Waals surface area (Å²) in [6.07, 6.45) is 1.93. The summed E-state index contributed by atoms with van der Waals surface area (Å²) in [5.41, 5.74) is 1.22. The van der Waals surface area contributed by atoms with E-state index < -0.39 is 0 Å². The van der Waals surface area contributed by atoms with Gasteiger partial charge in [-0.2, -0.15) is 6.41 Å². The Morgan fingerprint density at radius 1 is 1.24 bits per heavy atom. The summed E-state index contributed by atoms with van der Waals surface area (Å²) < 4.78 is 0. The van der Waals surface area contributed by atoms with E-state index in [-0.39, 0.29) is 17.1 Å². The fourth-order valence-electron chi connectivity index (χ4n) is 1.89. The van der Waals surface area contributed by atoms with Gasteiger partial charge >= 0.3 is 0 Å². The van der Waals surface area contributed by atoms with Gasteiger partial charge in [0.25, 0.3) is 0 Å². The predicted molar refractivity (Wildman–Crippen MR) is 64.0 cm³/mol. The minimum atomic E-state index is 0. The van der Waals surface area contributed by atoms with Crippen molar-refractivity contribution in [3.8, 4) is 0 Å². The second kappa shape index (κ2) is 7.02. The fourth-order valence-corrected chi connectivity index (χ4v) is 2.10. The fraction of sp³-hybridized carbons (Fsp3) is 0.417. The number of halogens is 1. The van der Waals surface area contributed by atoms with Crippen LogP contribution in [0.1, 0.15) is 5.56 Å². The summed E-state index contributed by atoms with van der Waals surface area (Å²) in [6.45, 7) is 4.24. The third-order valence-electron chi connectivity index (χ3n) is 2.80. The second-order valence-electron chi connectivity index (χ2n) is 3.98. The summed E-state index contributed by atoms with van der Waals surface area (Å²) in [6, 6.07) is 7.90. The molecule has 1 fully saturated rings. The Hall–Kier alpha value is -0.541. The maximum atomic E-state index is 10.4. The predicted octanol–water partition coefficient (Wildman–Crippen LogP) is 1.52. The van der Waals surface area contributed by atoms with Gasteiger partial charge in [0, 0.05) is 54.8 Å². The molecule has 17 heavy (non-hydrogen) atoms. The molecule has 0 atom stereocenters. The quantitative estimate of drug-likeness (QED) is 0.623. The standard InChI is InChI=1S/C12H14ClN2O.Fe/c13-12-3-1-2-11(8-12)9-14-4-6-15(10-16)7-5-14;/h1-3,8H,4-7,9H2;/q-1;. The van der Waals surface area contributed by atoms with Crippen molar-refractivity contribution < 1.29 is 21.9 Å². The molecule has 0 saturated carbocycles. The van der Waals surface area contributed by atoms with E-state index in [0.717, 1.165) is 37.7 Å². The Bertz CT molecular complexity index is 367. The maximum absolute atomic E-state index is 10.4. The molecule has 1 saturated heterocycles. The number of amides is 1. The van der Waals surface area contributed by atoms with Crippen molar-refractivity contribution in [2.24, 2.45) is 0 Å². The van der Waals surface area contributed by atoms with Crippen LogP contribution in [0.5, 0.6) is 0 Å². The minimum absolute atomic E-state index is 0. The normalized spacial score (nSPS) is 16.4. The molecule has 3 nitrogen and oxygen atoms in total. The van der Waals surface area contributed by atoms with Crippen molar-refractivity contribution in [3.63, 3.8) is 0 Å². The van der Waals surface area contributed by atoms with E-state index in [9.17, 15) is 4.79 Å². The molecule has 0 radical (unpaired) electrons. The summed E-state index contributed by atoms with van der Waals surface area (Å²) in [5.74, 6) is 0. The van der Waals surface area contributed by atoms with Crippen LogP contribution < -0.4 is 0 Å². The van der Waals surface area contributed by atoms with Crippen molar-refractivity contribution in [2.75, 3.05) is 26.2 Å². The van der Waals surface area contributed by atoms with Gasteiger partial charge in [0.15, 0.2) is 0 Å². The van der Waals surface area contributed by atoms with E-state index in [0.29, 0.717) is 0 Å². The number of hydrogen-bond donors (Lipinski definition) is 0. The van der Waals surface area contributed by atoms with E-state index in [2.05, 4.69) is 11.0 Å². The molecule has 0 N–H and O–H groups in total. The van der Waals surface area contributed by atoms with E-state index in [1.54, 1.807) is 4.90 Å². The summed E-state index contributed by atoms with van der Waals surface area (Å²) in [4.78, 5) is 14.4. The van der Waals surface area contributed by atoms with Crippen LogP contribution in [0.25, 0.3) is 0 Å². The largest absolute Gasteiger partial charge is 0.520 e. The zero-order chi connectivity index (χ0) is 11.4. The molecule has 5 heteroatoms. The van der Waals surface area contributed by atoms with Gasteiger partial charge in [-0.25, -0.2) is 0 Å². The van der Waals surface area contributed by atoms with Crippen LogP contribution in [-0.4, -0.2) is 42.4 Å². The van der Waals surface area contributed by atoms with Crippen LogP contribution in [0.4, 0.5) is 0 Å². The number of carbonyl (C=O) groups excluding carboxylic acids is 1. The molecular formula is C12H14ClFeN2O-. The van der Waals surface area contributed by atoms with E-state index >= 15 is 0 Å². The summed E-state index contributed by atoms with van der Waals surface area (Å²) >= 11 is 5.93. The molecule has 0 spiro atoms. The van der Waals surface area contributed by atoms with Gasteiger partial charge in [0.2, 0.25) is 0 Å². The van der Waals surface area contributed by atoms with Crippen molar-refractivity contribution in [1.82, 2.24) is 9.80 Å². The molecule has 0 aliphatic carbocycles. The molecule has 0 aromatic heterocycles. The third-order valence-corrected chi connectivity index (χ3v) is 3.03. The number of rotatable bonds is 3. The van der Waals surface area contributed by atoms with E-state index in [1.807, 2.05) is 24.6 Å². The molecule has 1 aliphatic heterocycles. The van der Waals surface area contributed by atoms with Gasteiger partial charge in [0.1, 0.15) is 0 Å². The average molecular weight is 294 g/mol. The van der Waals surface area contributed by atoms with Gasteiger partial charge < -0.3 is 9.69 Å². The Morgan fingerprint density at radius 3 is 2.53 bits per heavy atom. The van der Waals surface area contributed by atoms with Crippen LogP contribution in [0.2, 0.25) is 5.02 Å². The Kier molecular flexibility index (Phi) is 5.99. The van der Waals surface area contributed by atoms with Crippen molar-refractivity contribution in [1.29, 1.82) is 0 Å². The Labute approximate surface area is 117 Å². The summed E-state index contributed by atoms with van der Waals surface area (Å²) in [5, 5.41) is 0.775. The molecule has 1 aliphatic rings. The first-order valence-electron chi connectivity index (χ1n) is 5.37. The zero-order valence-electron chi connectivity index (χ0n) is 9.38. The first-order valence-corrected chi connectivity index (χ1v) is 5.75. The molecule has 0 bridgehead atoms. The van der Waals surface area contributed by atoms with Gasteiger partial charge in [-0.1, -0.05) is 23.7 Å². The molecule has 2 rings (SSSR count). The molecule has 0 unspecified atom stereocenters. The molecule has 1 amide bonds. The first-order chi connectivity index (χ1) is 7.78.